The highest BCUT2D eigenvalue weighted by Gasteiger charge is 2.26. The maximum Gasteiger partial charge on any atom is 0.449 e. The molecule has 2 amide bonds. The van der Waals surface area contributed by atoms with E-state index in [9.17, 15) is 9.59 Å². The molecule has 2 aromatic carbocycles. The number of rotatable bonds is 3. The zero-order chi connectivity index (χ0) is 15.1. The lowest BCUT2D eigenvalue weighted by Gasteiger charge is -2.16. The van der Waals surface area contributed by atoms with E-state index in [1.54, 1.807) is 60.7 Å². The Labute approximate surface area is 121 Å². The summed E-state index contributed by atoms with van der Waals surface area (Å²) < 4.78 is 9.97. The van der Waals surface area contributed by atoms with Crippen LogP contribution in [-0.2, 0) is 4.84 Å². The van der Waals surface area contributed by atoms with E-state index in [4.69, 9.17) is 14.3 Å². The van der Waals surface area contributed by atoms with Crippen LogP contribution in [0.25, 0.3) is 0 Å². The van der Waals surface area contributed by atoms with Crippen LogP contribution in [0.5, 0.6) is 11.5 Å². The molecule has 6 heteroatoms. The van der Waals surface area contributed by atoms with E-state index in [0.717, 1.165) is 0 Å². The third kappa shape index (κ3) is 4.05. The van der Waals surface area contributed by atoms with Crippen LogP contribution < -0.4 is 9.47 Å². The number of amides is 2. The fraction of sp³-hybridized carbons (Fsp3) is 0.0667. The lowest BCUT2D eigenvalue weighted by molar-refractivity contribution is -0.0735. The molecule has 21 heavy (non-hydrogen) atoms. The lowest BCUT2D eigenvalue weighted by Crippen LogP contribution is -2.39. The van der Waals surface area contributed by atoms with Gasteiger partial charge in [0.15, 0.2) is 0 Å². The van der Waals surface area contributed by atoms with Crippen molar-refractivity contribution in [3.63, 3.8) is 0 Å². The summed E-state index contributed by atoms with van der Waals surface area (Å²) in [6.07, 6.45) is -1.99. The summed E-state index contributed by atoms with van der Waals surface area (Å²) in [5.41, 5.74) is 0. The molecule has 0 spiro atoms. The number of carbonyl (C=O) groups excluding carboxylic acids is 2. The quantitative estimate of drug-likeness (QED) is 0.811. The summed E-state index contributed by atoms with van der Waals surface area (Å²) in [4.78, 5) is 28.4. The minimum Gasteiger partial charge on any atom is -0.408 e. The molecule has 108 valence electrons. The summed E-state index contributed by atoms with van der Waals surface area (Å²) in [6, 6.07) is 16.6. The summed E-state index contributed by atoms with van der Waals surface area (Å²) in [5.74, 6) is 0.578. The van der Waals surface area contributed by atoms with Crippen LogP contribution >= 0.6 is 0 Å². The Balaban J connectivity index is 2.01. The molecule has 0 fully saturated rings. The molecule has 0 aliphatic heterocycles. The number of ether oxygens (including phenoxy) is 2. The van der Waals surface area contributed by atoms with Gasteiger partial charge >= 0.3 is 12.2 Å². The average Bonchev–Trinajstić information content (AvgIpc) is 2.50. The molecule has 2 aromatic rings. The van der Waals surface area contributed by atoms with Crippen LogP contribution in [0, 0.1) is 0 Å². The first-order valence-electron chi connectivity index (χ1n) is 6.08. The summed E-state index contributed by atoms with van der Waals surface area (Å²) in [7, 11) is 1.17. The molecule has 6 nitrogen and oxygen atoms in total. The Kier molecular flexibility index (Phi) is 4.89. The average molecular weight is 287 g/mol. The predicted octanol–water partition coefficient (Wildman–Crippen LogP) is 3.25. The largest absolute Gasteiger partial charge is 0.449 e. The normalized spacial score (nSPS) is 9.76. The SMILES string of the molecule is CON(C(=O)Oc1ccccc1)C(=O)Oc1ccccc1. The number of imide groups is 1. The highest BCUT2D eigenvalue weighted by molar-refractivity contribution is 5.88. The molecule has 2 rings (SSSR count). The minimum absolute atomic E-state index is 0.289. The highest BCUT2D eigenvalue weighted by atomic mass is 16.8. The third-order valence-corrected chi connectivity index (χ3v) is 2.41. The van der Waals surface area contributed by atoms with Crippen molar-refractivity contribution >= 4 is 12.2 Å². The highest BCUT2D eigenvalue weighted by Crippen LogP contribution is 2.13. The minimum atomic E-state index is -0.996. The molecule has 0 radical (unpaired) electrons. The third-order valence-electron chi connectivity index (χ3n) is 2.41. The van der Waals surface area contributed by atoms with E-state index >= 15 is 0 Å². The number of hydrogen-bond donors (Lipinski definition) is 0. The second-order valence-corrected chi connectivity index (χ2v) is 3.84. The molecule has 0 aromatic heterocycles. The summed E-state index contributed by atoms with van der Waals surface area (Å²) >= 11 is 0. The Morgan fingerprint density at radius 2 is 1.14 bits per heavy atom. The first kappa shape index (κ1) is 14.5. The van der Waals surface area contributed by atoms with E-state index in [-0.39, 0.29) is 11.5 Å². The maximum absolute atomic E-state index is 11.9. The van der Waals surface area contributed by atoms with E-state index in [2.05, 4.69) is 0 Å². The van der Waals surface area contributed by atoms with Gasteiger partial charge in [0.25, 0.3) is 0 Å². The molecule has 0 bridgehead atoms. The maximum atomic E-state index is 11.9. The van der Waals surface area contributed by atoms with Crippen molar-refractivity contribution in [2.24, 2.45) is 0 Å². The molecule has 0 saturated carbocycles. The van der Waals surface area contributed by atoms with Crippen LogP contribution in [0.3, 0.4) is 0 Å². The molecule has 0 N–H and O–H groups in total. The number of hydrogen-bond acceptors (Lipinski definition) is 5. The lowest BCUT2D eigenvalue weighted by atomic mass is 10.3. The molecule has 0 atom stereocenters. The topological polar surface area (TPSA) is 65.1 Å². The van der Waals surface area contributed by atoms with Gasteiger partial charge in [-0.3, -0.25) is 4.84 Å². The molecule has 0 heterocycles. The van der Waals surface area contributed by atoms with Gasteiger partial charge in [-0.25, -0.2) is 9.59 Å². The summed E-state index contributed by atoms with van der Waals surface area (Å²) in [5, 5.41) is 0.389. The van der Waals surface area contributed by atoms with Crippen molar-refractivity contribution in [1.29, 1.82) is 0 Å². The van der Waals surface area contributed by atoms with Gasteiger partial charge in [0, 0.05) is 0 Å². The first-order chi connectivity index (χ1) is 10.2. The van der Waals surface area contributed by atoms with E-state index in [0.29, 0.717) is 5.06 Å². The Hall–Kier alpha value is -2.86. The molecule has 0 aliphatic carbocycles. The van der Waals surface area contributed by atoms with Crippen molar-refractivity contribution in [3.05, 3.63) is 60.7 Å². The first-order valence-corrected chi connectivity index (χ1v) is 6.08. The zero-order valence-electron chi connectivity index (χ0n) is 11.3. The number of hydroxylamine groups is 2. The number of benzene rings is 2. The van der Waals surface area contributed by atoms with Gasteiger partial charge in [-0.15, -0.1) is 0 Å². The van der Waals surface area contributed by atoms with Crippen LogP contribution in [0.1, 0.15) is 0 Å². The van der Waals surface area contributed by atoms with E-state index in [1.165, 1.54) is 7.11 Å². The number of carbonyl (C=O) groups is 2. The Bertz CT molecular complexity index is 546. The molecular formula is C15H13NO5. The molecule has 0 unspecified atom stereocenters. The van der Waals surface area contributed by atoms with Gasteiger partial charge in [0.2, 0.25) is 0 Å². The van der Waals surface area contributed by atoms with Crippen LogP contribution in [-0.4, -0.2) is 24.4 Å². The van der Waals surface area contributed by atoms with Crippen molar-refractivity contribution in [2.75, 3.05) is 7.11 Å². The van der Waals surface area contributed by atoms with Gasteiger partial charge < -0.3 is 9.47 Å². The van der Waals surface area contributed by atoms with E-state index < -0.39 is 12.2 Å². The smallest absolute Gasteiger partial charge is 0.408 e. The number of para-hydroxylation sites is 2. The van der Waals surface area contributed by atoms with Gasteiger partial charge in [-0.1, -0.05) is 41.5 Å². The van der Waals surface area contributed by atoms with Crippen LogP contribution in [0.2, 0.25) is 0 Å². The molecular weight excluding hydrogens is 274 g/mol. The Morgan fingerprint density at radius 1 is 0.762 bits per heavy atom. The monoisotopic (exact) mass is 287 g/mol. The van der Waals surface area contributed by atoms with Crippen molar-refractivity contribution in [3.8, 4) is 11.5 Å². The van der Waals surface area contributed by atoms with E-state index in [1.807, 2.05) is 0 Å². The van der Waals surface area contributed by atoms with Crippen LogP contribution in [0.15, 0.2) is 60.7 Å². The number of nitrogens with zero attached hydrogens (tertiary/aromatic N) is 1. The van der Waals surface area contributed by atoms with Gasteiger partial charge in [0.05, 0.1) is 7.11 Å². The zero-order valence-corrected chi connectivity index (χ0v) is 11.3. The molecule has 0 aliphatic rings. The van der Waals surface area contributed by atoms with Crippen molar-refractivity contribution in [2.45, 2.75) is 0 Å². The van der Waals surface area contributed by atoms with Gasteiger partial charge in [-0.05, 0) is 24.3 Å². The fourth-order valence-electron chi connectivity index (χ4n) is 1.49. The van der Waals surface area contributed by atoms with Gasteiger partial charge in [-0.2, -0.15) is 0 Å². The second-order valence-electron chi connectivity index (χ2n) is 3.84. The predicted molar refractivity (Wildman–Crippen MR) is 73.8 cm³/mol. The molecule has 0 saturated heterocycles. The Morgan fingerprint density at radius 3 is 1.48 bits per heavy atom. The standard InChI is InChI=1S/C15H13NO5/c1-19-16(14(17)20-12-8-4-2-5-9-12)15(18)21-13-10-6-3-7-11-13/h2-11H,1H3. The second kappa shape index (κ2) is 7.06. The van der Waals surface area contributed by atoms with Gasteiger partial charge in [0.1, 0.15) is 11.5 Å². The fourth-order valence-corrected chi connectivity index (χ4v) is 1.49. The van der Waals surface area contributed by atoms with Crippen molar-refractivity contribution < 1.29 is 23.9 Å². The van der Waals surface area contributed by atoms with Crippen LogP contribution in [0.4, 0.5) is 9.59 Å². The summed E-state index contributed by atoms with van der Waals surface area (Å²) in [6.45, 7) is 0. The van der Waals surface area contributed by atoms with Crippen molar-refractivity contribution in [1.82, 2.24) is 5.06 Å².